The number of nitrogens with zero attached hydrogens (tertiary/aromatic N) is 1. The molecule has 0 saturated carbocycles. The van der Waals surface area contributed by atoms with Crippen LogP contribution in [0.5, 0.6) is 0 Å². The summed E-state index contributed by atoms with van der Waals surface area (Å²) in [5, 5.41) is 0.835. The molecule has 0 atom stereocenters. The monoisotopic (exact) mass is 357 g/mol. The van der Waals surface area contributed by atoms with E-state index in [1.807, 2.05) is 19.9 Å². The van der Waals surface area contributed by atoms with E-state index in [0.717, 1.165) is 29.4 Å². The van der Waals surface area contributed by atoms with Crippen LogP contribution in [0.1, 0.15) is 45.7 Å². The van der Waals surface area contributed by atoms with Crippen LogP contribution in [-0.4, -0.2) is 26.1 Å². The molecule has 0 unspecified atom stereocenters. The zero-order valence-corrected chi connectivity index (χ0v) is 16.0. The lowest BCUT2D eigenvalue weighted by Gasteiger charge is -2.32. The van der Waals surface area contributed by atoms with Crippen molar-refractivity contribution in [3.8, 4) is 0 Å². The molecular weight excluding hydrogens is 331 g/mol. The molecule has 6 heteroatoms. The van der Waals surface area contributed by atoms with Gasteiger partial charge in [0.25, 0.3) is 0 Å². The Hall–Kier alpha value is -1.30. The van der Waals surface area contributed by atoms with E-state index >= 15 is 0 Å². The van der Waals surface area contributed by atoms with Gasteiger partial charge in [-0.15, -0.1) is 0 Å². The number of ether oxygens (including phenoxy) is 1. The standard InChI is InChI=1S/C18H26F3NOSi/c1-6-24(7-2,8-3)14-11-9-10-13(18(19,20)21)15(14)16-22-17(4,5)12-23-16/h9-11H,6-8,12H2,1-5H3. The molecule has 0 aromatic heterocycles. The van der Waals surface area contributed by atoms with Crippen molar-refractivity contribution in [3.63, 3.8) is 0 Å². The predicted molar refractivity (Wildman–Crippen MR) is 94.8 cm³/mol. The highest BCUT2D eigenvalue weighted by atomic mass is 28.3. The first kappa shape index (κ1) is 19.0. The van der Waals surface area contributed by atoms with Crippen LogP contribution in [0, 0.1) is 0 Å². The van der Waals surface area contributed by atoms with Crippen LogP contribution < -0.4 is 5.19 Å². The maximum atomic E-state index is 13.7. The lowest BCUT2D eigenvalue weighted by atomic mass is 10.1. The summed E-state index contributed by atoms with van der Waals surface area (Å²) in [5.41, 5.74) is -0.920. The van der Waals surface area contributed by atoms with Gasteiger partial charge in [0.15, 0.2) is 0 Å². The second-order valence-corrected chi connectivity index (χ2v) is 12.3. The smallest absolute Gasteiger partial charge is 0.417 e. The maximum Gasteiger partial charge on any atom is 0.417 e. The first-order valence-corrected chi connectivity index (χ1v) is 11.2. The minimum atomic E-state index is -4.42. The molecule has 0 fully saturated rings. The quantitative estimate of drug-likeness (QED) is 0.681. The molecule has 24 heavy (non-hydrogen) atoms. The number of hydrogen-bond acceptors (Lipinski definition) is 2. The Kier molecular flexibility index (Phi) is 5.19. The fraction of sp³-hybridized carbons (Fsp3) is 0.611. The average Bonchev–Trinajstić information content (AvgIpc) is 2.88. The van der Waals surface area contributed by atoms with Crippen molar-refractivity contribution < 1.29 is 17.9 Å². The lowest BCUT2D eigenvalue weighted by molar-refractivity contribution is -0.137. The number of benzene rings is 1. The summed E-state index contributed by atoms with van der Waals surface area (Å²) < 4.78 is 46.7. The summed E-state index contributed by atoms with van der Waals surface area (Å²) in [7, 11) is -2.02. The van der Waals surface area contributed by atoms with Crippen molar-refractivity contribution in [1.82, 2.24) is 0 Å². The van der Waals surface area contributed by atoms with E-state index in [9.17, 15) is 13.2 Å². The summed E-state index contributed by atoms with van der Waals surface area (Å²) in [5.74, 6) is 0.162. The van der Waals surface area contributed by atoms with Crippen LogP contribution in [0.25, 0.3) is 0 Å². The van der Waals surface area contributed by atoms with Crippen LogP contribution in [0.4, 0.5) is 13.2 Å². The number of halogens is 3. The van der Waals surface area contributed by atoms with Crippen molar-refractivity contribution in [3.05, 3.63) is 29.3 Å². The molecule has 134 valence electrons. The van der Waals surface area contributed by atoms with Crippen LogP contribution >= 0.6 is 0 Å². The number of rotatable bonds is 5. The Labute approximate surface area is 143 Å². The highest BCUT2D eigenvalue weighted by molar-refractivity contribution is 6.92. The number of alkyl halides is 3. The fourth-order valence-corrected chi connectivity index (χ4v) is 7.36. The van der Waals surface area contributed by atoms with Gasteiger partial charge in [0.1, 0.15) is 6.61 Å². The summed E-state index contributed by atoms with van der Waals surface area (Å²) in [6.07, 6.45) is -4.42. The van der Waals surface area contributed by atoms with E-state index in [2.05, 4.69) is 25.8 Å². The van der Waals surface area contributed by atoms with Crippen molar-refractivity contribution in [2.45, 2.75) is 64.5 Å². The Balaban J connectivity index is 2.78. The van der Waals surface area contributed by atoms with Gasteiger partial charge >= 0.3 is 6.18 Å². The van der Waals surface area contributed by atoms with Crippen LogP contribution in [0.15, 0.2) is 23.2 Å². The zero-order valence-electron chi connectivity index (χ0n) is 15.0. The van der Waals surface area contributed by atoms with Crippen LogP contribution in [0.3, 0.4) is 0 Å². The third kappa shape index (κ3) is 3.39. The van der Waals surface area contributed by atoms with E-state index in [1.165, 1.54) is 6.07 Å². The summed E-state index contributed by atoms with van der Waals surface area (Å²) in [4.78, 5) is 4.46. The van der Waals surface area contributed by atoms with Crippen molar-refractivity contribution in [1.29, 1.82) is 0 Å². The fourth-order valence-electron chi connectivity index (χ4n) is 3.49. The molecular formula is C18H26F3NOSi. The molecule has 2 rings (SSSR count). The molecule has 1 aliphatic rings. The van der Waals surface area contributed by atoms with E-state index in [-0.39, 0.29) is 11.5 Å². The highest BCUT2D eigenvalue weighted by Crippen LogP contribution is 2.35. The summed E-state index contributed by atoms with van der Waals surface area (Å²) in [6.45, 7) is 10.3. The van der Waals surface area contributed by atoms with Crippen LogP contribution in [0.2, 0.25) is 18.1 Å². The molecule has 0 spiro atoms. The Morgan fingerprint density at radius 1 is 1.12 bits per heavy atom. The van der Waals surface area contributed by atoms with Gasteiger partial charge in [-0.1, -0.05) is 51.0 Å². The molecule has 0 N–H and O–H groups in total. The maximum absolute atomic E-state index is 13.7. The zero-order chi connectivity index (χ0) is 18.2. The molecule has 0 aliphatic carbocycles. The second kappa shape index (κ2) is 6.54. The van der Waals surface area contributed by atoms with Crippen LogP contribution in [-0.2, 0) is 10.9 Å². The Morgan fingerprint density at radius 3 is 2.12 bits per heavy atom. The van der Waals surface area contributed by atoms with E-state index in [4.69, 9.17) is 4.74 Å². The molecule has 2 nitrogen and oxygen atoms in total. The van der Waals surface area contributed by atoms with Gasteiger partial charge in [-0.05, 0) is 25.1 Å². The minimum absolute atomic E-state index is 0.162. The molecule has 0 radical (unpaired) electrons. The van der Waals surface area contributed by atoms with E-state index in [0.29, 0.717) is 6.61 Å². The van der Waals surface area contributed by atoms with Gasteiger partial charge in [-0.25, -0.2) is 4.99 Å². The SMILES string of the molecule is CC[Si](CC)(CC)c1cccc(C(F)(F)F)c1C1=NC(C)(C)CO1. The number of aliphatic imine (C=N–C) groups is 1. The van der Waals surface area contributed by atoms with Gasteiger partial charge in [-0.2, -0.15) is 13.2 Å². The second-order valence-electron chi connectivity index (χ2n) is 7.08. The molecule has 0 bridgehead atoms. The van der Waals surface area contributed by atoms with Gasteiger partial charge in [0, 0.05) is 5.56 Å². The van der Waals surface area contributed by atoms with Gasteiger partial charge in [-0.3, -0.25) is 0 Å². The highest BCUT2D eigenvalue weighted by Gasteiger charge is 2.42. The molecule has 1 aliphatic heterocycles. The van der Waals surface area contributed by atoms with E-state index < -0.39 is 25.4 Å². The molecule has 1 aromatic rings. The lowest BCUT2D eigenvalue weighted by Crippen LogP contribution is -2.49. The Bertz CT molecular complexity index is 625. The predicted octanol–water partition coefficient (Wildman–Crippen LogP) is 4.98. The third-order valence-electron chi connectivity index (χ3n) is 5.15. The van der Waals surface area contributed by atoms with Crippen molar-refractivity contribution in [2.24, 2.45) is 4.99 Å². The largest absolute Gasteiger partial charge is 0.475 e. The molecule has 1 aromatic carbocycles. The summed E-state index contributed by atoms with van der Waals surface area (Å²) >= 11 is 0. The molecule has 0 saturated heterocycles. The van der Waals surface area contributed by atoms with Crippen molar-refractivity contribution in [2.75, 3.05) is 6.61 Å². The summed E-state index contributed by atoms with van der Waals surface area (Å²) in [6, 6.07) is 7.27. The van der Waals surface area contributed by atoms with E-state index in [1.54, 1.807) is 0 Å². The normalized spacial score (nSPS) is 17.6. The average molecular weight is 357 g/mol. The first-order chi connectivity index (χ1) is 11.1. The molecule has 1 heterocycles. The topological polar surface area (TPSA) is 21.6 Å². The van der Waals surface area contributed by atoms with Gasteiger partial charge in [0.05, 0.1) is 19.2 Å². The Morgan fingerprint density at radius 2 is 1.71 bits per heavy atom. The minimum Gasteiger partial charge on any atom is -0.475 e. The van der Waals surface area contributed by atoms with Gasteiger partial charge in [0.2, 0.25) is 5.90 Å². The third-order valence-corrected chi connectivity index (χ3v) is 10.8. The first-order valence-electron chi connectivity index (χ1n) is 8.54. The van der Waals surface area contributed by atoms with Crippen molar-refractivity contribution >= 4 is 19.2 Å². The molecule has 0 amide bonds. The van der Waals surface area contributed by atoms with Gasteiger partial charge < -0.3 is 4.74 Å². The number of hydrogen-bond donors (Lipinski definition) is 0.